The van der Waals surface area contributed by atoms with Gasteiger partial charge in [0.2, 0.25) is 0 Å². The summed E-state index contributed by atoms with van der Waals surface area (Å²) in [5, 5.41) is 4.04. The number of hydrogen-bond acceptors (Lipinski definition) is 4. The third-order valence-electron chi connectivity index (χ3n) is 2.89. The number of benzene rings is 1. The molecule has 0 aliphatic carbocycles. The monoisotopic (exact) mass is 289 g/mol. The van der Waals surface area contributed by atoms with Crippen molar-refractivity contribution in [1.82, 2.24) is 9.97 Å². The Hall–Kier alpha value is -1.65. The van der Waals surface area contributed by atoms with Crippen molar-refractivity contribution in [3.63, 3.8) is 0 Å². The minimum Gasteiger partial charge on any atom is -0.378 e. The first-order valence-electron chi connectivity index (χ1n) is 5.91. The molecular weight excluding hydrogens is 278 g/mol. The number of nitrogens with zero attached hydrogens (tertiary/aromatic N) is 2. The molecule has 0 aliphatic rings. The van der Waals surface area contributed by atoms with Crippen molar-refractivity contribution in [2.24, 2.45) is 0 Å². The van der Waals surface area contributed by atoms with Gasteiger partial charge in [-0.15, -0.1) is 11.3 Å². The molecule has 5 heteroatoms. The zero-order chi connectivity index (χ0) is 13.2. The summed E-state index contributed by atoms with van der Waals surface area (Å²) in [6.45, 7) is 2.66. The zero-order valence-corrected chi connectivity index (χ0v) is 11.9. The fourth-order valence-electron chi connectivity index (χ4n) is 1.87. The molecule has 1 N–H and O–H groups in total. The summed E-state index contributed by atoms with van der Waals surface area (Å²) in [6, 6.07) is 7.96. The molecule has 0 saturated carbocycles. The van der Waals surface area contributed by atoms with Crippen molar-refractivity contribution in [3.05, 3.63) is 52.3 Å². The molecule has 0 saturated heterocycles. The number of fused-ring (bicyclic) bond motifs is 1. The Morgan fingerprint density at radius 2 is 2.11 bits per heavy atom. The first-order valence-corrected chi connectivity index (χ1v) is 7.17. The first kappa shape index (κ1) is 12.4. The van der Waals surface area contributed by atoms with Crippen LogP contribution >= 0.6 is 22.9 Å². The second-order valence-electron chi connectivity index (χ2n) is 4.28. The van der Waals surface area contributed by atoms with E-state index >= 15 is 0 Å². The third kappa shape index (κ3) is 2.55. The molecule has 1 aromatic carbocycles. The Kier molecular flexibility index (Phi) is 3.36. The normalized spacial score (nSPS) is 10.8. The van der Waals surface area contributed by atoms with E-state index in [2.05, 4.69) is 21.4 Å². The number of pyridine rings is 1. The molecule has 0 amide bonds. The van der Waals surface area contributed by atoms with Crippen LogP contribution in [0.1, 0.15) is 11.3 Å². The lowest BCUT2D eigenvalue weighted by Gasteiger charge is -2.09. The Morgan fingerprint density at radius 3 is 2.89 bits per heavy atom. The van der Waals surface area contributed by atoms with Crippen molar-refractivity contribution < 1.29 is 0 Å². The molecular formula is C14H12ClN3S. The van der Waals surface area contributed by atoms with Crippen molar-refractivity contribution in [3.8, 4) is 0 Å². The summed E-state index contributed by atoms with van der Waals surface area (Å²) in [7, 11) is 0. The van der Waals surface area contributed by atoms with Gasteiger partial charge in [0, 0.05) is 18.4 Å². The van der Waals surface area contributed by atoms with Crippen LogP contribution < -0.4 is 5.32 Å². The predicted molar refractivity (Wildman–Crippen MR) is 80.9 cm³/mol. The maximum atomic E-state index is 6.24. The van der Waals surface area contributed by atoms with E-state index in [0.29, 0.717) is 11.6 Å². The molecule has 2 heterocycles. The van der Waals surface area contributed by atoms with Gasteiger partial charge in [0.05, 0.1) is 20.9 Å². The van der Waals surface area contributed by atoms with Crippen LogP contribution in [0.5, 0.6) is 0 Å². The second kappa shape index (κ2) is 5.15. The van der Waals surface area contributed by atoms with Crippen LogP contribution in [0, 0.1) is 6.92 Å². The average Bonchev–Trinajstić information content (AvgIpc) is 2.88. The van der Waals surface area contributed by atoms with Crippen LogP contribution in [0.25, 0.3) is 10.2 Å². The summed E-state index contributed by atoms with van der Waals surface area (Å²) < 4.78 is 1.13. The van der Waals surface area contributed by atoms with Crippen molar-refractivity contribution in [2.75, 3.05) is 5.32 Å². The highest BCUT2D eigenvalue weighted by Gasteiger charge is 2.08. The highest BCUT2D eigenvalue weighted by molar-refractivity contribution is 7.16. The molecule has 3 aromatic rings. The van der Waals surface area contributed by atoms with Gasteiger partial charge in [-0.05, 0) is 30.7 Å². The topological polar surface area (TPSA) is 37.8 Å². The van der Waals surface area contributed by atoms with E-state index < -0.39 is 0 Å². The first-order chi connectivity index (χ1) is 9.24. The maximum Gasteiger partial charge on any atom is 0.106 e. The molecule has 0 bridgehead atoms. The molecule has 19 heavy (non-hydrogen) atoms. The minimum absolute atomic E-state index is 0.684. The van der Waals surface area contributed by atoms with E-state index in [9.17, 15) is 0 Å². The number of thiazole rings is 1. The van der Waals surface area contributed by atoms with E-state index in [-0.39, 0.29) is 0 Å². The van der Waals surface area contributed by atoms with Gasteiger partial charge < -0.3 is 5.32 Å². The van der Waals surface area contributed by atoms with Crippen molar-refractivity contribution in [1.29, 1.82) is 0 Å². The number of nitrogens with one attached hydrogen (secondary N) is 1. The van der Waals surface area contributed by atoms with Gasteiger partial charge in [0.15, 0.2) is 0 Å². The number of aryl methyl sites for hydroxylation is 1. The lowest BCUT2D eigenvalue weighted by molar-refractivity contribution is 1.09. The van der Waals surface area contributed by atoms with Gasteiger partial charge in [-0.2, -0.15) is 0 Å². The van der Waals surface area contributed by atoms with Gasteiger partial charge in [-0.3, -0.25) is 4.98 Å². The van der Waals surface area contributed by atoms with Gasteiger partial charge >= 0.3 is 0 Å². The maximum absolute atomic E-state index is 6.24. The summed E-state index contributed by atoms with van der Waals surface area (Å²) in [4.78, 5) is 8.64. The van der Waals surface area contributed by atoms with Crippen LogP contribution in [-0.2, 0) is 6.54 Å². The molecule has 0 spiro atoms. The van der Waals surface area contributed by atoms with Gasteiger partial charge in [0.1, 0.15) is 5.52 Å². The summed E-state index contributed by atoms with van der Waals surface area (Å²) in [5.41, 5.74) is 5.79. The number of aromatic nitrogens is 2. The molecule has 96 valence electrons. The minimum atomic E-state index is 0.684. The third-order valence-corrected chi connectivity index (χ3v) is 4.00. The number of anilines is 1. The molecule has 0 radical (unpaired) electrons. The standard InChI is InChI=1S/C14H12ClN3S/c1-9-2-3-10(6-16-9)7-17-13-11(15)4-5-12-14(13)18-8-19-12/h2-6,8,17H,7H2,1H3. The van der Waals surface area contributed by atoms with Gasteiger partial charge in [-0.25, -0.2) is 4.98 Å². The van der Waals surface area contributed by atoms with Crippen LogP contribution in [0.4, 0.5) is 5.69 Å². The van der Waals surface area contributed by atoms with Crippen molar-refractivity contribution >= 4 is 38.8 Å². The molecule has 0 unspecified atom stereocenters. The highest BCUT2D eigenvalue weighted by atomic mass is 35.5. The van der Waals surface area contributed by atoms with E-state index in [0.717, 1.165) is 27.2 Å². The van der Waals surface area contributed by atoms with Crippen molar-refractivity contribution in [2.45, 2.75) is 13.5 Å². The Morgan fingerprint density at radius 1 is 1.21 bits per heavy atom. The molecule has 0 atom stereocenters. The molecule has 2 aromatic heterocycles. The second-order valence-corrected chi connectivity index (χ2v) is 5.58. The molecule has 3 rings (SSSR count). The zero-order valence-electron chi connectivity index (χ0n) is 10.4. The largest absolute Gasteiger partial charge is 0.378 e. The predicted octanol–water partition coefficient (Wildman–Crippen LogP) is 4.27. The number of rotatable bonds is 3. The van der Waals surface area contributed by atoms with E-state index in [4.69, 9.17) is 11.6 Å². The SMILES string of the molecule is Cc1ccc(CNc2c(Cl)ccc3scnc23)cn1. The van der Waals surface area contributed by atoms with Crippen LogP contribution in [0.15, 0.2) is 36.0 Å². The molecule has 3 nitrogen and oxygen atoms in total. The van der Waals surface area contributed by atoms with E-state index in [1.165, 1.54) is 0 Å². The van der Waals surface area contributed by atoms with Crippen LogP contribution in [-0.4, -0.2) is 9.97 Å². The summed E-state index contributed by atoms with van der Waals surface area (Å²) in [6.07, 6.45) is 1.87. The average molecular weight is 290 g/mol. The summed E-state index contributed by atoms with van der Waals surface area (Å²) in [5.74, 6) is 0. The summed E-state index contributed by atoms with van der Waals surface area (Å²) >= 11 is 7.85. The van der Waals surface area contributed by atoms with E-state index in [1.54, 1.807) is 11.3 Å². The Balaban J connectivity index is 1.87. The fraction of sp³-hybridized carbons (Fsp3) is 0.143. The lowest BCUT2D eigenvalue weighted by Crippen LogP contribution is -2.01. The van der Waals surface area contributed by atoms with Gasteiger partial charge in [0.25, 0.3) is 0 Å². The van der Waals surface area contributed by atoms with E-state index in [1.807, 2.05) is 36.8 Å². The lowest BCUT2D eigenvalue weighted by atomic mass is 10.2. The van der Waals surface area contributed by atoms with Crippen LogP contribution in [0.3, 0.4) is 0 Å². The Labute approximate surface area is 120 Å². The van der Waals surface area contributed by atoms with Crippen LogP contribution in [0.2, 0.25) is 5.02 Å². The molecule has 0 aliphatic heterocycles. The number of hydrogen-bond donors (Lipinski definition) is 1. The smallest absolute Gasteiger partial charge is 0.106 e. The fourth-order valence-corrected chi connectivity index (χ4v) is 2.77. The molecule has 0 fully saturated rings. The van der Waals surface area contributed by atoms with Gasteiger partial charge in [-0.1, -0.05) is 17.7 Å². The Bertz CT molecular complexity index is 706. The quantitative estimate of drug-likeness (QED) is 0.782. The highest BCUT2D eigenvalue weighted by Crippen LogP contribution is 2.32. The number of halogens is 1.